The molecular formula is C22H20N6O. The number of amides is 1. The molecule has 0 radical (unpaired) electrons. The number of nitrogens with zero attached hydrogens (tertiary/aromatic N) is 3. The summed E-state index contributed by atoms with van der Waals surface area (Å²) in [5.74, 6) is 2.04. The van der Waals surface area contributed by atoms with Gasteiger partial charge in [0.25, 0.3) is 5.91 Å². The summed E-state index contributed by atoms with van der Waals surface area (Å²) in [4.78, 5) is 29.6. The number of fused-ring (bicyclic) bond motifs is 2. The van der Waals surface area contributed by atoms with Gasteiger partial charge in [0.15, 0.2) is 5.82 Å². The molecule has 0 bridgehead atoms. The lowest BCUT2D eigenvalue weighted by Gasteiger charge is -2.20. The molecule has 0 unspecified atom stereocenters. The predicted molar refractivity (Wildman–Crippen MR) is 112 cm³/mol. The van der Waals surface area contributed by atoms with Gasteiger partial charge in [-0.1, -0.05) is 42.5 Å². The van der Waals surface area contributed by atoms with Gasteiger partial charge < -0.3 is 15.6 Å². The van der Waals surface area contributed by atoms with E-state index in [-0.39, 0.29) is 5.91 Å². The van der Waals surface area contributed by atoms with E-state index in [2.05, 4.69) is 25.6 Å². The highest BCUT2D eigenvalue weighted by Crippen LogP contribution is 2.25. The van der Waals surface area contributed by atoms with Crippen molar-refractivity contribution < 1.29 is 4.79 Å². The summed E-state index contributed by atoms with van der Waals surface area (Å²) >= 11 is 0. The molecule has 3 N–H and O–H groups in total. The number of anilines is 1. The topological polar surface area (TPSA) is 95.6 Å². The third kappa shape index (κ3) is 3.42. The minimum atomic E-state index is -0.147. The van der Waals surface area contributed by atoms with Gasteiger partial charge in [0.1, 0.15) is 17.3 Å². The number of nitrogens with one attached hydrogen (secondary N) is 3. The molecule has 0 atom stereocenters. The summed E-state index contributed by atoms with van der Waals surface area (Å²) in [5.41, 5.74) is 4.21. The standard InChI is InChI=1S/C22H20N6O/c29-22-19-15(10-12-24-22)21(28-20(27-19)14-6-2-1-3-7-14)23-13-11-18-25-16-8-4-5-9-17(16)26-18/h1-9H,10-13H2,(H,24,29)(H,25,26)(H,23,27,28). The first kappa shape index (κ1) is 17.4. The normalized spacial score (nSPS) is 13.2. The van der Waals surface area contributed by atoms with E-state index >= 15 is 0 Å². The molecule has 1 aliphatic heterocycles. The summed E-state index contributed by atoms with van der Waals surface area (Å²) in [5, 5.41) is 6.27. The van der Waals surface area contributed by atoms with Crippen LogP contribution < -0.4 is 10.6 Å². The molecule has 3 heterocycles. The molecule has 1 amide bonds. The zero-order valence-corrected chi connectivity index (χ0v) is 15.8. The number of hydrogen-bond donors (Lipinski definition) is 3. The minimum Gasteiger partial charge on any atom is -0.369 e. The SMILES string of the molecule is O=C1NCCc2c(NCCc3nc4ccccc4[nH]3)nc(-c3ccccc3)nc21. The van der Waals surface area contributed by atoms with Gasteiger partial charge >= 0.3 is 0 Å². The smallest absolute Gasteiger partial charge is 0.270 e. The number of benzene rings is 2. The number of imidazole rings is 1. The Balaban J connectivity index is 1.42. The van der Waals surface area contributed by atoms with Crippen LogP contribution in [0.5, 0.6) is 0 Å². The highest BCUT2D eigenvalue weighted by atomic mass is 16.1. The van der Waals surface area contributed by atoms with E-state index in [1.807, 2.05) is 54.6 Å². The molecule has 4 aromatic rings. The first-order valence-electron chi connectivity index (χ1n) is 9.70. The Morgan fingerprint density at radius 1 is 0.966 bits per heavy atom. The van der Waals surface area contributed by atoms with E-state index in [1.165, 1.54) is 0 Å². The maximum absolute atomic E-state index is 12.4. The molecule has 7 nitrogen and oxygen atoms in total. The van der Waals surface area contributed by atoms with Crippen LogP contribution in [0.1, 0.15) is 21.9 Å². The van der Waals surface area contributed by atoms with Gasteiger partial charge in [-0.25, -0.2) is 15.0 Å². The molecule has 0 spiro atoms. The van der Waals surface area contributed by atoms with Gasteiger partial charge in [-0.05, 0) is 18.6 Å². The Morgan fingerprint density at radius 3 is 2.66 bits per heavy atom. The lowest BCUT2D eigenvalue weighted by molar-refractivity contribution is 0.0940. The van der Waals surface area contributed by atoms with Crippen LogP contribution in [0.3, 0.4) is 0 Å². The van der Waals surface area contributed by atoms with Gasteiger partial charge in [-0.15, -0.1) is 0 Å². The lowest BCUT2D eigenvalue weighted by Crippen LogP contribution is -2.34. The Morgan fingerprint density at radius 2 is 1.79 bits per heavy atom. The highest BCUT2D eigenvalue weighted by molar-refractivity contribution is 5.96. The number of rotatable bonds is 5. The van der Waals surface area contributed by atoms with Gasteiger partial charge in [0, 0.05) is 30.6 Å². The zero-order valence-electron chi connectivity index (χ0n) is 15.8. The lowest BCUT2D eigenvalue weighted by atomic mass is 10.1. The molecular weight excluding hydrogens is 364 g/mol. The summed E-state index contributed by atoms with van der Waals surface area (Å²) in [7, 11) is 0. The monoisotopic (exact) mass is 384 g/mol. The van der Waals surface area contributed by atoms with Crippen LogP contribution in [-0.4, -0.2) is 38.9 Å². The van der Waals surface area contributed by atoms with Gasteiger partial charge in [-0.2, -0.15) is 0 Å². The fourth-order valence-electron chi connectivity index (χ4n) is 3.58. The van der Waals surface area contributed by atoms with E-state index in [9.17, 15) is 4.79 Å². The zero-order chi connectivity index (χ0) is 19.6. The van der Waals surface area contributed by atoms with Gasteiger partial charge in [0.2, 0.25) is 0 Å². The van der Waals surface area contributed by atoms with Crippen molar-refractivity contribution in [3.63, 3.8) is 0 Å². The second-order valence-electron chi connectivity index (χ2n) is 6.97. The summed E-state index contributed by atoms with van der Waals surface area (Å²) < 4.78 is 0. The number of carbonyl (C=O) groups excluding carboxylic acids is 1. The van der Waals surface area contributed by atoms with E-state index in [4.69, 9.17) is 4.98 Å². The average molecular weight is 384 g/mol. The van der Waals surface area contributed by atoms with Crippen molar-refractivity contribution in [2.75, 3.05) is 18.4 Å². The summed E-state index contributed by atoms with van der Waals surface area (Å²) in [6.45, 7) is 1.25. The molecule has 7 heteroatoms. The third-order valence-electron chi connectivity index (χ3n) is 5.01. The number of aromatic amines is 1. The second kappa shape index (κ2) is 7.35. The van der Waals surface area contributed by atoms with Gasteiger partial charge in [-0.3, -0.25) is 4.79 Å². The largest absolute Gasteiger partial charge is 0.369 e. The van der Waals surface area contributed by atoms with Crippen molar-refractivity contribution in [1.82, 2.24) is 25.3 Å². The first-order valence-corrected chi connectivity index (χ1v) is 9.70. The molecule has 2 aromatic carbocycles. The van der Waals surface area contributed by atoms with Crippen molar-refractivity contribution in [3.8, 4) is 11.4 Å². The maximum Gasteiger partial charge on any atom is 0.270 e. The van der Waals surface area contributed by atoms with Crippen LogP contribution in [0.4, 0.5) is 5.82 Å². The molecule has 5 rings (SSSR count). The Labute approximate surface area is 167 Å². The van der Waals surface area contributed by atoms with Crippen molar-refractivity contribution in [1.29, 1.82) is 0 Å². The maximum atomic E-state index is 12.4. The predicted octanol–water partition coefficient (Wildman–Crippen LogP) is 2.96. The highest BCUT2D eigenvalue weighted by Gasteiger charge is 2.24. The average Bonchev–Trinajstić information content (AvgIpc) is 3.17. The van der Waals surface area contributed by atoms with Crippen molar-refractivity contribution in [3.05, 3.63) is 71.7 Å². The van der Waals surface area contributed by atoms with E-state index in [0.717, 1.165) is 40.2 Å². The Hall–Kier alpha value is -3.74. The molecule has 0 fully saturated rings. The fourth-order valence-corrected chi connectivity index (χ4v) is 3.58. The first-order chi connectivity index (χ1) is 14.3. The van der Waals surface area contributed by atoms with Crippen LogP contribution in [0.25, 0.3) is 22.4 Å². The van der Waals surface area contributed by atoms with Crippen LogP contribution in [0.2, 0.25) is 0 Å². The number of carbonyl (C=O) groups is 1. The molecule has 0 saturated carbocycles. The van der Waals surface area contributed by atoms with Gasteiger partial charge in [0.05, 0.1) is 11.0 Å². The van der Waals surface area contributed by atoms with Crippen molar-refractivity contribution in [2.24, 2.45) is 0 Å². The van der Waals surface area contributed by atoms with E-state index < -0.39 is 0 Å². The van der Waals surface area contributed by atoms with E-state index in [0.29, 0.717) is 31.0 Å². The number of H-pyrrole nitrogens is 1. The molecule has 0 aliphatic carbocycles. The van der Waals surface area contributed by atoms with E-state index in [1.54, 1.807) is 0 Å². The Bertz CT molecular complexity index is 1150. The molecule has 1 aliphatic rings. The minimum absolute atomic E-state index is 0.147. The van der Waals surface area contributed by atoms with Crippen LogP contribution in [-0.2, 0) is 12.8 Å². The van der Waals surface area contributed by atoms with Crippen molar-refractivity contribution >= 4 is 22.8 Å². The van der Waals surface area contributed by atoms with Crippen LogP contribution in [0, 0.1) is 0 Å². The fraction of sp³-hybridized carbons (Fsp3) is 0.182. The second-order valence-corrected chi connectivity index (χ2v) is 6.97. The molecule has 29 heavy (non-hydrogen) atoms. The van der Waals surface area contributed by atoms with Crippen molar-refractivity contribution in [2.45, 2.75) is 12.8 Å². The number of para-hydroxylation sites is 2. The Kier molecular flexibility index (Phi) is 4.40. The number of hydrogen-bond acceptors (Lipinski definition) is 5. The summed E-state index contributed by atoms with van der Waals surface area (Å²) in [6, 6.07) is 17.7. The molecule has 2 aromatic heterocycles. The number of aromatic nitrogens is 4. The quantitative estimate of drug-likeness (QED) is 0.492. The third-order valence-corrected chi connectivity index (χ3v) is 5.01. The van der Waals surface area contributed by atoms with Crippen LogP contribution in [0.15, 0.2) is 54.6 Å². The van der Waals surface area contributed by atoms with Crippen LogP contribution >= 0.6 is 0 Å². The summed E-state index contributed by atoms with van der Waals surface area (Å²) in [6.07, 6.45) is 1.43. The molecule has 0 saturated heterocycles. The molecule has 144 valence electrons.